The Hall–Kier alpha value is -2.12. The standard InChI is InChI=1S/C24H28BrN5O/c1-15-14-26-11-12-28(15)17-9-10-19-21(13-17)29(16-5-2-3-6-16)24-27-23(31)22-18(25)7-4-8-20(22)30(19)24/h4,7-9,13,15-16,19,26H,2-3,5-6,10-12,14H2,1H3. The number of benzene rings is 1. The molecule has 0 amide bonds. The van der Waals surface area contributed by atoms with Crippen LogP contribution in [0, 0.1) is 0 Å². The number of allylic oxidation sites excluding steroid dienone is 3. The van der Waals surface area contributed by atoms with E-state index in [0.717, 1.165) is 42.0 Å². The van der Waals surface area contributed by atoms with Gasteiger partial charge >= 0.3 is 0 Å². The summed E-state index contributed by atoms with van der Waals surface area (Å²) in [5.74, 6) is 0.835. The Morgan fingerprint density at radius 1 is 1.23 bits per heavy atom. The molecule has 1 aromatic heterocycles. The van der Waals surface area contributed by atoms with Crippen molar-refractivity contribution >= 4 is 32.8 Å². The van der Waals surface area contributed by atoms with E-state index in [2.05, 4.69) is 65.7 Å². The van der Waals surface area contributed by atoms with Crippen molar-refractivity contribution in [3.05, 3.63) is 56.6 Å². The molecule has 1 N–H and O–H groups in total. The van der Waals surface area contributed by atoms with E-state index >= 15 is 0 Å². The highest BCUT2D eigenvalue weighted by molar-refractivity contribution is 9.10. The summed E-state index contributed by atoms with van der Waals surface area (Å²) in [4.78, 5) is 22.7. The van der Waals surface area contributed by atoms with Gasteiger partial charge in [0.05, 0.1) is 16.9 Å². The average molecular weight is 482 g/mol. The van der Waals surface area contributed by atoms with Gasteiger partial charge in [-0.25, -0.2) is 0 Å². The lowest BCUT2D eigenvalue weighted by Gasteiger charge is -2.39. The quantitative estimate of drug-likeness (QED) is 0.703. The first-order valence-corrected chi connectivity index (χ1v) is 12.3. The lowest BCUT2D eigenvalue weighted by atomic mass is 9.99. The molecule has 0 radical (unpaired) electrons. The minimum absolute atomic E-state index is 0.139. The largest absolute Gasteiger partial charge is 0.366 e. The molecule has 2 atom stereocenters. The van der Waals surface area contributed by atoms with E-state index in [1.807, 2.05) is 12.1 Å². The van der Waals surface area contributed by atoms with Crippen molar-refractivity contribution in [2.75, 3.05) is 24.5 Å². The number of rotatable bonds is 2. The summed E-state index contributed by atoms with van der Waals surface area (Å²) in [5, 5.41) is 4.18. The number of anilines is 1. The number of piperazine rings is 1. The van der Waals surface area contributed by atoms with E-state index in [1.165, 1.54) is 37.1 Å². The van der Waals surface area contributed by atoms with E-state index in [1.54, 1.807) is 0 Å². The van der Waals surface area contributed by atoms with Gasteiger partial charge in [-0.2, -0.15) is 4.98 Å². The van der Waals surface area contributed by atoms with Gasteiger partial charge in [0.15, 0.2) is 0 Å². The van der Waals surface area contributed by atoms with E-state index < -0.39 is 0 Å². The zero-order chi connectivity index (χ0) is 21.1. The van der Waals surface area contributed by atoms with Crippen LogP contribution in [0.4, 0.5) is 5.95 Å². The molecule has 4 aliphatic rings. The summed E-state index contributed by atoms with van der Waals surface area (Å²) >= 11 is 3.59. The van der Waals surface area contributed by atoms with Crippen LogP contribution in [0.3, 0.4) is 0 Å². The predicted octanol–water partition coefficient (Wildman–Crippen LogP) is 3.93. The first-order chi connectivity index (χ1) is 15.1. The average Bonchev–Trinajstić information content (AvgIpc) is 3.39. The third-order valence-electron chi connectivity index (χ3n) is 7.40. The number of fused-ring (bicyclic) bond motifs is 5. The Bertz CT molecular complexity index is 1160. The van der Waals surface area contributed by atoms with Gasteiger partial charge in [-0.15, -0.1) is 0 Å². The molecular formula is C24H28BrN5O. The van der Waals surface area contributed by atoms with Crippen molar-refractivity contribution in [2.24, 2.45) is 0 Å². The van der Waals surface area contributed by atoms with E-state index in [-0.39, 0.29) is 11.6 Å². The molecule has 0 spiro atoms. The number of nitrogens with zero attached hydrogens (tertiary/aromatic N) is 4. The molecule has 2 unspecified atom stereocenters. The fraction of sp³-hybridized carbons (Fsp3) is 0.500. The van der Waals surface area contributed by atoms with Crippen LogP contribution in [-0.2, 0) is 0 Å². The maximum Gasteiger partial charge on any atom is 0.283 e. The van der Waals surface area contributed by atoms with Crippen LogP contribution < -0.4 is 15.8 Å². The zero-order valence-corrected chi connectivity index (χ0v) is 19.4. The van der Waals surface area contributed by atoms with Gasteiger partial charge in [-0.05, 0) is 60.3 Å². The Labute approximate surface area is 190 Å². The minimum Gasteiger partial charge on any atom is -0.366 e. The first kappa shape index (κ1) is 19.6. The molecule has 162 valence electrons. The molecule has 1 saturated carbocycles. The molecular weight excluding hydrogens is 454 g/mol. The van der Waals surface area contributed by atoms with E-state index in [0.29, 0.717) is 17.5 Å². The number of nitrogens with one attached hydrogen (secondary N) is 1. The maximum atomic E-state index is 13.1. The molecule has 6 rings (SSSR count). The van der Waals surface area contributed by atoms with E-state index in [4.69, 9.17) is 0 Å². The second kappa shape index (κ2) is 7.48. The van der Waals surface area contributed by atoms with Crippen LogP contribution in [0.2, 0.25) is 0 Å². The number of hydrogen-bond donors (Lipinski definition) is 1. The third-order valence-corrected chi connectivity index (χ3v) is 8.06. The zero-order valence-electron chi connectivity index (χ0n) is 17.9. The van der Waals surface area contributed by atoms with Crippen molar-refractivity contribution in [1.82, 2.24) is 19.8 Å². The number of halogens is 1. The van der Waals surface area contributed by atoms with Gasteiger partial charge in [0.25, 0.3) is 5.56 Å². The normalized spacial score (nSPS) is 26.1. The summed E-state index contributed by atoms with van der Waals surface area (Å²) in [6.07, 6.45) is 10.5. The minimum atomic E-state index is -0.139. The Kier molecular flexibility index (Phi) is 4.72. The predicted molar refractivity (Wildman–Crippen MR) is 127 cm³/mol. The van der Waals surface area contributed by atoms with Crippen molar-refractivity contribution < 1.29 is 0 Å². The fourth-order valence-corrected chi connectivity index (χ4v) is 6.44. The van der Waals surface area contributed by atoms with Gasteiger partial charge in [0, 0.05) is 47.6 Å². The maximum absolute atomic E-state index is 13.1. The summed E-state index contributed by atoms with van der Waals surface area (Å²) < 4.78 is 3.14. The van der Waals surface area contributed by atoms with Crippen LogP contribution in [0.1, 0.15) is 45.1 Å². The summed E-state index contributed by atoms with van der Waals surface area (Å²) in [7, 11) is 0. The molecule has 1 saturated heterocycles. The summed E-state index contributed by atoms with van der Waals surface area (Å²) in [6.45, 7) is 5.37. The lowest BCUT2D eigenvalue weighted by Crippen LogP contribution is -2.49. The van der Waals surface area contributed by atoms with Crippen LogP contribution in [0.25, 0.3) is 10.9 Å². The van der Waals surface area contributed by atoms with Crippen LogP contribution >= 0.6 is 15.9 Å². The molecule has 2 aliphatic carbocycles. The van der Waals surface area contributed by atoms with Crippen LogP contribution in [0.15, 0.2) is 51.0 Å². The van der Waals surface area contributed by atoms with Crippen molar-refractivity contribution in [1.29, 1.82) is 0 Å². The fourth-order valence-electron chi connectivity index (χ4n) is 5.92. The highest BCUT2D eigenvalue weighted by Gasteiger charge is 2.42. The lowest BCUT2D eigenvalue weighted by molar-refractivity contribution is 0.227. The SMILES string of the molecule is CC1CNCCN1C1=CCC2C(=C1)N(C1CCCC1)c1nc(=O)c3c(Br)cccc3n12. The summed E-state index contributed by atoms with van der Waals surface area (Å²) in [5.41, 5.74) is 3.48. The molecule has 6 nitrogen and oxygen atoms in total. The molecule has 7 heteroatoms. The molecule has 2 aliphatic heterocycles. The topological polar surface area (TPSA) is 53.4 Å². The Morgan fingerprint density at radius 3 is 2.87 bits per heavy atom. The smallest absolute Gasteiger partial charge is 0.283 e. The van der Waals surface area contributed by atoms with Gasteiger partial charge < -0.3 is 19.7 Å². The molecule has 2 fully saturated rings. The molecule has 31 heavy (non-hydrogen) atoms. The Balaban J connectivity index is 1.52. The highest BCUT2D eigenvalue weighted by atomic mass is 79.9. The molecule has 1 aromatic carbocycles. The van der Waals surface area contributed by atoms with Gasteiger partial charge in [-0.3, -0.25) is 4.79 Å². The molecule has 0 bridgehead atoms. The molecule has 2 aromatic rings. The van der Waals surface area contributed by atoms with Crippen molar-refractivity contribution in [2.45, 2.75) is 57.2 Å². The van der Waals surface area contributed by atoms with Crippen molar-refractivity contribution in [3.63, 3.8) is 0 Å². The van der Waals surface area contributed by atoms with Crippen molar-refractivity contribution in [3.8, 4) is 0 Å². The molecule has 3 heterocycles. The number of aromatic nitrogens is 2. The summed E-state index contributed by atoms with van der Waals surface area (Å²) in [6, 6.07) is 7.13. The second-order valence-corrected chi connectivity index (χ2v) is 10.1. The van der Waals surface area contributed by atoms with Crippen LogP contribution in [-0.4, -0.2) is 46.2 Å². The first-order valence-electron chi connectivity index (χ1n) is 11.5. The monoisotopic (exact) mass is 481 g/mol. The highest BCUT2D eigenvalue weighted by Crippen LogP contribution is 2.47. The third kappa shape index (κ3) is 3.00. The van der Waals surface area contributed by atoms with Gasteiger partial charge in [-0.1, -0.05) is 25.0 Å². The second-order valence-electron chi connectivity index (χ2n) is 9.23. The van der Waals surface area contributed by atoms with Gasteiger partial charge in [0.2, 0.25) is 5.95 Å². The van der Waals surface area contributed by atoms with E-state index in [9.17, 15) is 4.79 Å². The van der Waals surface area contributed by atoms with Gasteiger partial charge in [0.1, 0.15) is 0 Å². The van der Waals surface area contributed by atoms with Crippen LogP contribution in [0.5, 0.6) is 0 Å². The Morgan fingerprint density at radius 2 is 2.06 bits per heavy atom. The number of hydrogen-bond acceptors (Lipinski definition) is 5.